The van der Waals surface area contributed by atoms with E-state index in [1.807, 2.05) is 68.4 Å². The van der Waals surface area contributed by atoms with Crippen molar-refractivity contribution in [3.05, 3.63) is 60.2 Å². The number of anilines is 1. The molecule has 0 aliphatic heterocycles. The first-order valence-electron chi connectivity index (χ1n) is 10.3. The summed E-state index contributed by atoms with van der Waals surface area (Å²) in [5.41, 5.74) is 2.14. The molecule has 1 unspecified atom stereocenters. The Kier molecular flexibility index (Phi) is 7.54. The van der Waals surface area contributed by atoms with Crippen molar-refractivity contribution in [2.24, 2.45) is 4.99 Å². The fourth-order valence-electron chi connectivity index (χ4n) is 3.22. The molecule has 7 nitrogen and oxygen atoms in total. The minimum Gasteiger partial charge on any atom is -0.493 e. The molecule has 0 saturated carbocycles. The molecule has 0 saturated heterocycles. The predicted octanol–water partition coefficient (Wildman–Crippen LogP) is 3.44. The van der Waals surface area contributed by atoms with Crippen LogP contribution in [0.1, 0.15) is 12.5 Å². The van der Waals surface area contributed by atoms with Gasteiger partial charge in [-0.1, -0.05) is 30.3 Å². The second kappa shape index (κ2) is 10.5. The largest absolute Gasteiger partial charge is 0.493 e. The van der Waals surface area contributed by atoms with Crippen molar-refractivity contribution < 1.29 is 9.47 Å². The summed E-state index contributed by atoms with van der Waals surface area (Å²) >= 11 is 0. The van der Waals surface area contributed by atoms with Gasteiger partial charge in [0.1, 0.15) is 11.9 Å². The van der Waals surface area contributed by atoms with Gasteiger partial charge in [0.25, 0.3) is 0 Å². The zero-order valence-corrected chi connectivity index (χ0v) is 18.8. The molecule has 0 spiro atoms. The number of nitrogens with zero attached hydrogens (tertiary/aromatic N) is 3. The number of nitrogens with one attached hydrogen (secondary N) is 2. The normalized spacial score (nSPS) is 12.4. The number of aromatic nitrogens is 1. The quantitative estimate of drug-likeness (QED) is 0.429. The molecule has 31 heavy (non-hydrogen) atoms. The predicted molar refractivity (Wildman–Crippen MR) is 127 cm³/mol. The summed E-state index contributed by atoms with van der Waals surface area (Å²) in [6.45, 7) is 3.23. The fraction of sp³-hybridized carbons (Fsp3) is 0.333. The first kappa shape index (κ1) is 22.2. The van der Waals surface area contributed by atoms with Gasteiger partial charge in [0.2, 0.25) is 0 Å². The van der Waals surface area contributed by atoms with Crippen LogP contribution in [-0.4, -0.2) is 51.8 Å². The van der Waals surface area contributed by atoms with Crippen molar-refractivity contribution in [1.82, 2.24) is 15.6 Å². The van der Waals surface area contributed by atoms with Gasteiger partial charge in [-0.25, -0.2) is 4.98 Å². The van der Waals surface area contributed by atoms with E-state index in [1.165, 1.54) is 0 Å². The summed E-state index contributed by atoms with van der Waals surface area (Å²) in [7, 11) is 7.40. The number of ether oxygens (including phenoxy) is 2. The Labute approximate surface area is 184 Å². The van der Waals surface area contributed by atoms with Crippen LogP contribution in [-0.2, 0) is 6.54 Å². The van der Waals surface area contributed by atoms with Gasteiger partial charge < -0.3 is 25.0 Å². The van der Waals surface area contributed by atoms with Gasteiger partial charge in [0, 0.05) is 33.1 Å². The van der Waals surface area contributed by atoms with Crippen LogP contribution in [0.4, 0.5) is 5.82 Å². The molecular formula is C24H31N5O2. The first-order valence-corrected chi connectivity index (χ1v) is 10.3. The number of pyridine rings is 1. The van der Waals surface area contributed by atoms with E-state index in [9.17, 15) is 0 Å². The van der Waals surface area contributed by atoms with Gasteiger partial charge >= 0.3 is 0 Å². The summed E-state index contributed by atoms with van der Waals surface area (Å²) in [5, 5.41) is 7.86. The maximum Gasteiger partial charge on any atom is 0.191 e. The summed E-state index contributed by atoms with van der Waals surface area (Å²) in [6, 6.07) is 17.9. The fourth-order valence-corrected chi connectivity index (χ4v) is 3.22. The number of rotatable bonds is 8. The minimum absolute atomic E-state index is 0.0723. The van der Waals surface area contributed by atoms with Crippen LogP contribution >= 0.6 is 0 Å². The van der Waals surface area contributed by atoms with Crippen LogP contribution in [0.5, 0.6) is 11.5 Å². The number of aliphatic imine (C=N–C) groups is 1. The number of methoxy groups -OCH3 is 1. The molecular weight excluding hydrogens is 390 g/mol. The molecule has 0 aliphatic rings. The Morgan fingerprint density at radius 1 is 1.06 bits per heavy atom. The topological polar surface area (TPSA) is 71.0 Å². The lowest BCUT2D eigenvalue weighted by Gasteiger charge is -2.19. The molecule has 0 aliphatic carbocycles. The van der Waals surface area contributed by atoms with Gasteiger partial charge in [-0.3, -0.25) is 4.99 Å². The summed E-state index contributed by atoms with van der Waals surface area (Å²) in [4.78, 5) is 11.1. The highest BCUT2D eigenvalue weighted by Crippen LogP contribution is 2.26. The molecule has 1 aromatic heterocycles. The molecule has 164 valence electrons. The molecule has 1 heterocycles. The zero-order valence-electron chi connectivity index (χ0n) is 18.8. The van der Waals surface area contributed by atoms with E-state index in [1.54, 1.807) is 14.2 Å². The van der Waals surface area contributed by atoms with Crippen LogP contribution in [0.25, 0.3) is 10.9 Å². The Morgan fingerprint density at radius 2 is 1.77 bits per heavy atom. The van der Waals surface area contributed by atoms with Gasteiger partial charge in [0.15, 0.2) is 17.5 Å². The van der Waals surface area contributed by atoms with Crippen molar-refractivity contribution in [1.29, 1.82) is 0 Å². The van der Waals surface area contributed by atoms with Crippen LogP contribution < -0.4 is 25.0 Å². The third-order valence-electron chi connectivity index (χ3n) is 4.87. The SMILES string of the molecule is CN=C(NCc1cc(N(C)C)nc2ccccc12)NCC(C)Oc1ccccc1OC. The molecule has 7 heteroatoms. The third-order valence-corrected chi connectivity index (χ3v) is 4.87. The van der Waals surface area contributed by atoms with Gasteiger partial charge in [-0.2, -0.15) is 0 Å². The zero-order chi connectivity index (χ0) is 22.2. The number of hydrogen-bond acceptors (Lipinski definition) is 5. The number of fused-ring (bicyclic) bond motifs is 1. The molecule has 3 aromatic rings. The van der Waals surface area contributed by atoms with Crippen LogP contribution in [0, 0.1) is 0 Å². The maximum absolute atomic E-state index is 6.01. The highest BCUT2D eigenvalue weighted by atomic mass is 16.5. The monoisotopic (exact) mass is 421 g/mol. The van der Waals surface area contributed by atoms with E-state index < -0.39 is 0 Å². The van der Waals surface area contributed by atoms with E-state index in [-0.39, 0.29) is 6.10 Å². The lowest BCUT2D eigenvalue weighted by Crippen LogP contribution is -2.41. The standard InChI is InChI=1S/C24H31N5O2/c1-17(31-22-13-9-8-12-21(22)30-5)15-26-24(25-2)27-16-18-14-23(29(3)4)28-20-11-7-6-10-19(18)20/h6-14,17H,15-16H2,1-5H3,(H2,25,26,27). The number of benzene rings is 2. The lowest BCUT2D eigenvalue weighted by molar-refractivity contribution is 0.213. The van der Waals surface area contributed by atoms with Gasteiger partial charge in [-0.15, -0.1) is 0 Å². The highest BCUT2D eigenvalue weighted by molar-refractivity contribution is 5.85. The first-order chi connectivity index (χ1) is 15.0. The van der Waals surface area contributed by atoms with E-state index in [0.29, 0.717) is 19.0 Å². The van der Waals surface area contributed by atoms with Gasteiger partial charge in [0.05, 0.1) is 19.2 Å². The van der Waals surface area contributed by atoms with Crippen molar-refractivity contribution in [3.8, 4) is 11.5 Å². The summed E-state index contributed by atoms with van der Waals surface area (Å²) in [5.74, 6) is 3.08. The third kappa shape index (κ3) is 5.78. The number of guanidine groups is 1. The smallest absolute Gasteiger partial charge is 0.191 e. The van der Waals surface area contributed by atoms with Crippen molar-refractivity contribution in [2.75, 3.05) is 39.7 Å². The molecule has 0 radical (unpaired) electrons. The van der Waals surface area contributed by atoms with E-state index in [0.717, 1.165) is 33.8 Å². The lowest BCUT2D eigenvalue weighted by atomic mass is 10.1. The molecule has 0 fully saturated rings. The van der Waals surface area contributed by atoms with E-state index in [4.69, 9.17) is 14.5 Å². The Bertz CT molecular complexity index is 1040. The Balaban J connectivity index is 1.62. The minimum atomic E-state index is -0.0723. The Hall–Kier alpha value is -3.48. The second-order valence-electron chi connectivity index (χ2n) is 7.44. The molecule has 1 atom stereocenters. The second-order valence-corrected chi connectivity index (χ2v) is 7.44. The van der Waals surface area contributed by atoms with Crippen molar-refractivity contribution in [2.45, 2.75) is 19.6 Å². The van der Waals surface area contributed by atoms with Crippen molar-refractivity contribution in [3.63, 3.8) is 0 Å². The maximum atomic E-state index is 6.01. The van der Waals surface area contributed by atoms with Gasteiger partial charge in [-0.05, 0) is 36.8 Å². The molecule has 3 rings (SSSR count). The Morgan fingerprint density at radius 3 is 2.48 bits per heavy atom. The number of para-hydroxylation sites is 3. The number of hydrogen-bond donors (Lipinski definition) is 2. The van der Waals surface area contributed by atoms with Crippen LogP contribution in [0.2, 0.25) is 0 Å². The molecule has 2 aromatic carbocycles. The average molecular weight is 422 g/mol. The summed E-state index contributed by atoms with van der Waals surface area (Å²) in [6.07, 6.45) is -0.0723. The highest BCUT2D eigenvalue weighted by Gasteiger charge is 2.11. The van der Waals surface area contributed by atoms with Crippen LogP contribution in [0.3, 0.4) is 0 Å². The average Bonchev–Trinajstić information content (AvgIpc) is 2.79. The van der Waals surface area contributed by atoms with Crippen molar-refractivity contribution >= 4 is 22.7 Å². The van der Waals surface area contributed by atoms with E-state index >= 15 is 0 Å². The van der Waals surface area contributed by atoms with E-state index in [2.05, 4.69) is 27.8 Å². The molecule has 2 N–H and O–H groups in total. The summed E-state index contributed by atoms with van der Waals surface area (Å²) < 4.78 is 11.4. The van der Waals surface area contributed by atoms with Crippen LogP contribution in [0.15, 0.2) is 59.6 Å². The molecule has 0 bridgehead atoms. The molecule has 0 amide bonds.